The minimum atomic E-state index is 0.0764. The zero-order chi connectivity index (χ0) is 9.64. The maximum atomic E-state index is 11.4. The van der Waals surface area contributed by atoms with Crippen molar-refractivity contribution in [3.63, 3.8) is 0 Å². The van der Waals surface area contributed by atoms with Crippen LogP contribution in [0.5, 0.6) is 0 Å². The first-order valence-electron chi connectivity index (χ1n) is 5.08. The van der Waals surface area contributed by atoms with Crippen molar-refractivity contribution >= 4 is 11.6 Å². The molecule has 1 spiro atoms. The molecule has 13 heavy (non-hydrogen) atoms. The zero-order valence-electron chi connectivity index (χ0n) is 8.30. The van der Waals surface area contributed by atoms with Crippen molar-refractivity contribution in [3.8, 4) is 0 Å². The summed E-state index contributed by atoms with van der Waals surface area (Å²) in [7, 11) is 0. The highest BCUT2D eigenvalue weighted by Gasteiger charge is 2.49. The second kappa shape index (κ2) is 2.66. The van der Waals surface area contributed by atoms with Crippen molar-refractivity contribution in [2.75, 3.05) is 0 Å². The summed E-state index contributed by atoms with van der Waals surface area (Å²) in [6.45, 7) is 3.98. The van der Waals surface area contributed by atoms with Crippen molar-refractivity contribution < 1.29 is 9.59 Å². The second-order valence-electron chi connectivity index (χ2n) is 5.00. The lowest BCUT2D eigenvalue weighted by molar-refractivity contribution is -0.120. The van der Waals surface area contributed by atoms with Gasteiger partial charge in [-0.25, -0.2) is 0 Å². The van der Waals surface area contributed by atoms with E-state index in [1.54, 1.807) is 0 Å². The van der Waals surface area contributed by atoms with Crippen LogP contribution in [0.3, 0.4) is 0 Å². The Bertz CT molecular complexity index is 239. The molecule has 2 aliphatic rings. The van der Waals surface area contributed by atoms with E-state index in [0.29, 0.717) is 24.4 Å². The summed E-state index contributed by atoms with van der Waals surface area (Å²) >= 11 is 0. The lowest BCUT2D eigenvalue weighted by Crippen LogP contribution is -2.12. The molecule has 2 nitrogen and oxygen atoms in total. The van der Waals surface area contributed by atoms with Crippen molar-refractivity contribution in [2.45, 2.75) is 39.5 Å². The van der Waals surface area contributed by atoms with Crippen LogP contribution in [0.15, 0.2) is 0 Å². The monoisotopic (exact) mass is 180 g/mol. The molecule has 2 atom stereocenters. The molecule has 72 valence electrons. The van der Waals surface area contributed by atoms with Gasteiger partial charge in [-0.15, -0.1) is 0 Å². The van der Waals surface area contributed by atoms with Crippen LogP contribution < -0.4 is 0 Å². The molecule has 0 amide bonds. The van der Waals surface area contributed by atoms with E-state index in [9.17, 15) is 9.59 Å². The van der Waals surface area contributed by atoms with Crippen LogP contribution in [0.25, 0.3) is 0 Å². The van der Waals surface area contributed by atoms with Gasteiger partial charge in [-0.2, -0.15) is 0 Å². The molecule has 0 bridgehead atoms. The van der Waals surface area contributed by atoms with Gasteiger partial charge in [-0.05, 0) is 18.3 Å². The van der Waals surface area contributed by atoms with Crippen LogP contribution in [0.2, 0.25) is 0 Å². The van der Waals surface area contributed by atoms with E-state index in [1.165, 1.54) is 0 Å². The number of ketones is 2. The number of carbonyl (C=O) groups excluding carboxylic acids is 2. The van der Waals surface area contributed by atoms with Gasteiger partial charge in [0.2, 0.25) is 0 Å². The quantitative estimate of drug-likeness (QED) is 0.571. The van der Waals surface area contributed by atoms with Gasteiger partial charge < -0.3 is 0 Å². The summed E-state index contributed by atoms with van der Waals surface area (Å²) in [6.07, 6.45) is 3.21. The molecular weight excluding hydrogens is 164 g/mol. The largest absolute Gasteiger partial charge is 0.299 e. The molecule has 0 aromatic heterocycles. The van der Waals surface area contributed by atoms with Gasteiger partial charge >= 0.3 is 0 Å². The highest BCUT2D eigenvalue weighted by Crippen LogP contribution is 2.51. The van der Waals surface area contributed by atoms with Crippen LogP contribution in [0.4, 0.5) is 0 Å². The smallest absolute Gasteiger partial charge is 0.136 e. The Morgan fingerprint density at radius 3 is 1.62 bits per heavy atom. The third kappa shape index (κ3) is 1.32. The molecule has 0 aromatic rings. The van der Waals surface area contributed by atoms with E-state index in [2.05, 4.69) is 0 Å². The van der Waals surface area contributed by atoms with Crippen LogP contribution in [0.1, 0.15) is 39.5 Å². The first kappa shape index (κ1) is 8.92. The molecule has 2 heteroatoms. The van der Waals surface area contributed by atoms with Gasteiger partial charge in [0.25, 0.3) is 0 Å². The number of Topliss-reactive ketones (excluding diaryl/α,β-unsaturated/α-hetero) is 2. The normalized spacial score (nSPS) is 37.7. The SMILES string of the molecule is C[C@@H]1CC2(CC1=O)CC(=O)[C@H](C)C2. The molecule has 0 aliphatic heterocycles. The van der Waals surface area contributed by atoms with Gasteiger partial charge in [0.15, 0.2) is 0 Å². The van der Waals surface area contributed by atoms with E-state index in [-0.39, 0.29) is 17.3 Å². The van der Waals surface area contributed by atoms with Crippen LogP contribution >= 0.6 is 0 Å². The predicted octanol–water partition coefficient (Wildman–Crippen LogP) is 1.97. The van der Waals surface area contributed by atoms with Gasteiger partial charge in [0.05, 0.1) is 0 Å². The standard InChI is InChI=1S/C11H16O2/c1-7-3-11(5-9(7)12)4-8(2)10(13)6-11/h7-8H,3-6H2,1-2H3/t7-,8-,11?/m1/s1. The average Bonchev–Trinajstić information content (AvgIpc) is 2.39. The molecule has 0 N–H and O–H groups in total. The molecule has 0 unspecified atom stereocenters. The Kier molecular flexibility index (Phi) is 1.83. The summed E-state index contributed by atoms with van der Waals surface area (Å²) < 4.78 is 0. The number of carbonyl (C=O) groups is 2. The van der Waals surface area contributed by atoms with Gasteiger partial charge in [-0.1, -0.05) is 13.8 Å². The minimum Gasteiger partial charge on any atom is -0.299 e. The Hall–Kier alpha value is -0.660. The summed E-state index contributed by atoms with van der Waals surface area (Å²) in [6, 6.07) is 0. The Balaban J connectivity index is 2.17. The van der Waals surface area contributed by atoms with Gasteiger partial charge in [0.1, 0.15) is 11.6 Å². The van der Waals surface area contributed by atoms with Crippen LogP contribution in [-0.2, 0) is 9.59 Å². The third-order valence-corrected chi connectivity index (χ3v) is 3.68. The highest BCUT2D eigenvalue weighted by molar-refractivity contribution is 5.89. The molecule has 0 saturated heterocycles. The van der Waals surface area contributed by atoms with Crippen molar-refractivity contribution in [2.24, 2.45) is 17.3 Å². The molecule has 2 aliphatic carbocycles. The summed E-state index contributed by atoms with van der Waals surface area (Å²) in [5, 5.41) is 0. The number of hydrogen-bond donors (Lipinski definition) is 0. The van der Waals surface area contributed by atoms with E-state index < -0.39 is 0 Å². The zero-order valence-corrected chi connectivity index (χ0v) is 8.30. The predicted molar refractivity (Wildman–Crippen MR) is 49.2 cm³/mol. The molecule has 2 saturated carbocycles. The second-order valence-corrected chi connectivity index (χ2v) is 5.00. The lowest BCUT2D eigenvalue weighted by Gasteiger charge is -2.20. The Labute approximate surface area is 78.7 Å². The summed E-state index contributed by atoms with van der Waals surface area (Å²) in [4.78, 5) is 22.9. The molecule has 0 radical (unpaired) electrons. The molecule has 2 rings (SSSR count). The van der Waals surface area contributed by atoms with Crippen molar-refractivity contribution in [1.82, 2.24) is 0 Å². The molecular formula is C11H16O2. The van der Waals surface area contributed by atoms with Crippen molar-refractivity contribution in [3.05, 3.63) is 0 Å². The van der Waals surface area contributed by atoms with E-state index in [4.69, 9.17) is 0 Å². The topological polar surface area (TPSA) is 34.1 Å². The average molecular weight is 180 g/mol. The van der Waals surface area contributed by atoms with Crippen molar-refractivity contribution in [1.29, 1.82) is 0 Å². The Morgan fingerprint density at radius 1 is 1.00 bits per heavy atom. The van der Waals surface area contributed by atoms with Gasteiger partial charge in [-0.3, -0.25) is 9.59 Å². The van der Waals surface area contributed by atoms with Crippen LogP contribution in [0, 0.1) is 17.3 Å². The van der Waals surface area contributed by atoms with E-state index >= 15 is 0 Å². The fraction of sp³-hybridized carbons (Fsp3) is 0.818. The fourth-order valence-electron chi connectivity index (χ4n) is 3.05. The first-order valence-corrected chi connectivity index (χ1v) is 5.08. The molecule has 0 aromatic carbocycles. The lowest BCUT2D eigenvalue weighted by atomic mass is 9.83. The number of rotatable bonds is 0. The van der Waals surface area contributed by atoms with E-state index in [1.807, 2.05) is 13.8 Å². The maximum absolute atomic E-state index is 11.4. The Morgan fingerprint density at radius 2 is 1.38 bits per heavy atom. The molecule has 0 heterocycles. The number of hydrogen-bond acceptors (Lipinski definition) is 2. The van der Waals surface area contributed by atoms with Gasteiger partial charge in [0, 0.05) is 24.7 Å². The molecule has 2 fully saturated rings. The fourth-order valence-corrected chi connectivity index (χ4v) is 3.05. The summed E-state index contributed by atoms with van der Waals surface area (Å²) in [5.74, 6) is 1.11. The highest BCUT2D eigenvalue weighted by atomic mass is 16.1. The van der Waals surface area contributed by atoms with Crippen LogP contribution in [-0.4, -0.2) is 11.6 Å². The minimum absolute atomic E-state index is 0.0764. The third-order valence-electron chi connectivity index (χ3n) is 3.68. The summed E-state index contributed by atoms with van der Waals surface area (Å²) in [5.41, 5.74) is 0.0764. The first-order chi connectivity index (χ1) is 6.02. The van der Waals surface area contributed by atoms with E-state index in [0.717, 1.165) is 12.8 Å². The maximum Gasteiger partial charge on any atom is 0.136 e.